The lowest BCUT2D eigenvalue weighted by atomic mass is 9.96. The molecular weight excluding hydrogens is 278 g/mol. The fraction of sp³-hybridized carbons (Fsp3) is 0.684. The molecule has 2 heteroatoms. The van der Waals surface area contributed by atoms with E-state index in [-0.39, 0.29) is 0 Å². The summed E-state index contributed by atoms with van der Waals surface area (Å²) in [6.07, 6.45) is 6.91. The zero-order valence-electron chi connectivity index (χ0n) is 13.6. The Balaban J connectivity index is 1.87. The third-order valence-corrected chi connectivity index (χ3v) is 6.00. The third-order valence-electron chi connectivity index (χ3n) is 5.67. The molecule has 0 heterocycles. The smallest absolute Gasteiger partial charge is 0.0456 e. The van der Waals surface area contributed by atoms with Gasteiger partial charge in [0.1, 0.15) is 0 Å². The summed E-state index contributed by atoms with van der Waals surface area (Å²) in [6, 6.07) is 4.94. The zero-order chi connectivity index (χ0) is 15.0. The highest BCUT2D eigenvalue weighted by Crippen LogP contribution is 2.60. The number of hydrogen-bond acceptors (Lipinski definition) is 1. The third kappa shape index (κ3) is 3.00. The Morgan fingerprint density at radius 3 is 2.38 bits per heavy atom. The number of nitrogens with one attached hydrogen (secondary N) is 1. The van der Waals surface area contributed by atoms with Crippen LogP contribution in [0.2, 0.25) is 5.02 Å². The summed E-state index contributed by atoms with van der Waals surface area (Å²) < 4.78 is 0. The van der Waals surface area contributed by atoms with Gasteiger partial charge in [-0.1, -0.05) is 37.4 Å². The molecule has 0 bridgehead atoms. The number of fused-ring (bicyclic) bond motifs is 1. The number of rotatable bonds is 5. The minimum atomic E-state index is 0.463. The van der Waals surface area contributed by atoms with Crippen LogP contribution in [-0.2, 0) is 0 Å². The van der Waals surface area contributed by atoms with Crippen molar-refractivity contribution < 1.29 is 0 Å². The molecule has 21 heavy (non-hydrogen) atoms. The molecule has 1 nitrogen and oxygen atoms in total. The summed E-state index contributed by atoms with van der Waals surface area (Å²) in [5.74, 6) is 2.72. The molecule has 3 unspecified atom stereocenters. The summed E-state index contributed by atoms with van der Waals surface area (Å²) in [6.45, 7) is 7.68. The Morgan fingerprint density at radius 2 is 1.76 bits per heavy atom. The molecule has 1 N–H and O–H groups in total. The van der Waals surface area contributed by atoms with E-state index in [1.807, 2.05) is 0 Å². The van der Waals surface area contributed by atoms with E-state index >= 15 is 0 Å². The SMILES string of the molecule is CCCNC(c1cc(C)c(C)cc1Cl)C1C2CCCCC21. The lowest BCUT2D eigenvalue weighted by molar-refractivity contribution is 0.445. The quantitative estimate of drug-likeness (QED) is 0.764. The summed E-state index contributed by atoms with van der Waals surface area (Å²) in [5.41, 5.74) is 4.00. The van der Waals surface area contributed by atoms with Crippen molar-refractivity contribution in [1.29, 1.82) is 0 Å². The number of benzene rings is 1. The van der Waals surface area contributed by atoms with Gasteiger partial charge in [-0.05, 0) is 80.2 Å². The van der Waals surface area contributed by atoms with Gasteiger partial charge in [0.05, 0.1) is 0 Å². The van der Waals surface area contributed by atoms with Crippen molar-refractivity contribution in [3.8, 4) is 0 Å². The van der Waals surface area contributed by atoms with Crippen LogP contribution in [0.5, 0.6) is 0 Å². The normalized spacial score (nSPS) is 29.0. The van der Waals surface area contributed by atoms with Crippen LogP contribution in [0.1, 0.15) is 61.8 Å². The van der Waals surface area contributed by atoms with Crippen LogP contribution in [0, 0.1) is 31.6 Å². The van der Waals surface area contributed by atoms with Gasteiger partial charge in [-0.2, -0.15) is 0 Å². The lowest BCUT2D eigenvalue weighted by Crippen LogP contribution is -2.25. The van der Waals surface area contributed by atoms with Crippen molar-refractivity contribution in [3.05, 3.63) is 33.8 Å². The molecule has 116 valence electrons. The number of halogens is 1. The van der Waals surface area contributed by atoms with Crippen molar-refractivity contribution in [2.45, 2.75) is 58.9 Å². The van der Waals surface area contributed by atoms with Crippen molar-refractivity contribution in [2.24, 2.45) is 17.8 Å². The first-order valence-electron chi connectivity index (χ1n) is 8.63. The van der Waals surface area contributed by atoms with Crippen LogP contribution < -0.4 is 5.32 Å². The maximum absolute atomic E-state index is 6.60. The summed E-state index contributed by atoms with van der Waals surface area (Å²) >= 11 is 6.60. The summed E-state index contributed by atoms with van der Waals surface area (Å²) in [4.78, 5) is 0. The maximum atomic E-state index is 6.60. The molecule has 0 aromatic heterocycles. The van der Waals surface area contributed by atoms with E-state index < -0.39 is 0 Å². The second kappa shape index (κ2) is 6.30. The molecule has 2 fully saturated rings. The largest absolute Gasteiger partial charge is 0.310 e. The van der Waals surface area contributed by atoms with Gasteiger partial charge in [0.2, 0.25) is 0 Å². The van der Waals surface area contributed by atoms with E-state index in [1.165, 1.54) is 48.8 Å². The monoisotopic (exact) mass is 305 g/mol. The van der Waals surface area contributed by atoms with Gasteiger partial charge in [0.25, 0.3) is 0 Å². The van der Waals surface area contributed by atoms with Gasteiger partial charge in [-0.25, -0.2) is 0 Å². The first-order valence-corrected chi connectivity index (χ1v) is 9.01. The highest BCUT2D eigenvalue weighted by Gasteiger charge is 2.54. The molecule has 0 spiro atoms. The minimum absolute atomic E-state index is 0.463. The van der Waals surface area contributed by atoms with Crippen molar-refractivity contribution >= 4 is 11.6 Å². The van der Waals surface area contributed by atoms with Crippen molar-refractivity contribution in [2.75, 3.05) is 6.54 Å². The fourth-order valence-corrected chi connectivity index (χ4v) is 4.67. The first kappa shape index (κ1) is 15.4. The summed E-state index contributed by atoms with van der Waals surface area (Å²) in [7, 11) is 0. The van der Waals surface area contributed by atoms with E-state index in [2.05, 4.69) is 38.2 Å². The van der Waals surface area contributed by atoms with Gasteiger partial charge in [0.15, 0.2) is 0 Å². The van der Waals surface area contributed by atoms with Crippen molar-refractivity contribution in [1.82, 2.24) is 5.32 Å². The van der Waals surface area contributed by atoms with Crippen LogP contribution in [0.4, 0.5) is 0 Å². The van der Waals surface area contributed by atoms with Crippen molar-refractivity contribution in [3.63, 3.8) is 0 Å². The Bertz CT molecular complexity index is 499. The van der Waals surface area contributed by atoms with E-state index in [0.29, 0.717) is 6.04 Å². The Morgan fingerprint density at radius 1 is 1.14 bits per heavy atom. The molecule has 2 aliphatic carbocycles. The molecule has 2 saturated carbocycles. The van der Waals surface area contributed by atoms with Gasteiger partial charge in [-0.3, -0.25) is 0 Å². The highest BCUT2D eigenvalue weighted by molar-refractivity contribution is 6.31. The van der Waals surface area contributed by atoms with Crippen LogP contribution in [-0.4, -0.2) is 6.54 Å². The van der Waals surface area contributed by atoms with Gasteiger partial charge < -0.3 is 5.32 Å². The fourth-order valence-electron chi connectivity index (χ4n) is 4.34. The molecule has 0 aliphatic heterocycles. The van der Waals surface area contributed by atoms with Gasteiger partial charge in [0, 0.05) is 11.1 Å². The first-order chi connectivity index (χ1) is 10.1. The van der Waals surface area contributed by atoms with Gasteiger partial charge >= 0.3 is 0 Å². The second-order valence-corrected chi connectivity index (χ2v) is 7.49. The number of aryl methyl sites for hydroxylation is 2. The molecular formula is C19H28ClN. The summed E-state index contributed by atoms with van der Waals surface area (Å²) in [5, 5.41) is 4.76. The van der Waals surface area contributed by atoms with E-state index in [0.717, 1.165) is 29.3 Å². The topological polar surface area (TPSA) is 12.0 Å². The Hall–Kier alpha value is -0.530. The molecule has 3 atom stereocenters. The Labute approximate surface area is 134 Å². The molecule has 2 aliphatic rings. The van der Waals surface area contributed by atoms with Crippen LogP contribution >= 0.6 is 11.6 Å². The van der Waals surface area contributed by atoms with Crippen LogP contribution in [0.25, 0.3) is 0 Å². The second-order valence-electron chi connectivity index (χ2n) is 7.08. The molecule has 0 amide bonds. The van der Waals surface area contributed by atoms with Crippen LogP contribution in [0.3, 0.4) is 0 Å². The maximum Gasteiger partial charge on any atom is 0.0456 e. The minimum Gasteiger partial charge on any atom is -0.310 e. The number of hydrogen-bond donors (Lipinski definition) is 1. The standard InChI is InChI=1S/C19H28ClN/c1-4-9-21-19(18-14-7-5-6-8-15(14)18)16-10-12(2)13(3)11-17(16)20/h10-11,14-15,18-19,21H,4-9H2,1-3H3. The average molecular weight is 306 g/mol. The molecule has 1 aromatic rings. The average Bonchev–Trinajstić information content (AvgIpc) is 3.19. The van der Waals surface area contributed by atoms with E-state index in [1.54, 1.807) is 0 Å². The molecule has 3 rings (SSSR count). The predicted octanol–water partition coefficient (Wildman–Crippen LogP) is 5.43. The Kier molecular flexibility index (Phi) is 4.61. The zero-order valence-corrected chi connectivity index (χ0v) is 14.3. The molecule has 0 saturated heterocycles. The molecule has 0 radical (unpaired) electrons. The molecule has 1 aromatic carbocycles. The highest BCUT2D eigenvalue weighted by atomic mass is 35.5. The van der Waals surface area contributed by atoms with Crippen LogP contribution in [0.15, 0.2) is 12.1 Å². The van der Waals surface area contributed by atoms with E-state index in [4.69, 9.17) is 11.6 Å². The van der Waals surface area contributed by atoms with Gasteiger partial charge in [-0.15, -0.1) is 0 Å². The van der Waals surface area contributed by atoms with E-state index in [9.17, 15) is 0 Å². The predicted molar refractivity (Wildman–Crippen MR) is 90.9 cm³/mol. The lowest BCUT2D eigenvalue weighted by Gasteiger charge is -2.22.